The van der Waals surface area contributed by atoms with E-state index in [1.165, 1.54) is 23.9 Å². The molecule has 1 heterocycles. The Labute approximate surface area is 190 Å². The fraction of sp³-hybridized carbons (Fsp3) is 0.120. The number of hydrogen-bond acceptors (Lipinski definition) is 5. The van der Waals surface area contributed by atoms with Gasteiger partial charge in [-0.25, -0.2) is 9.37 Å². The molecule has 7 heteroatoms. The number of benzene rings is 3. The molecular formula is C25H21FN4OS. The standard InChI is InChI=1S/C25H21FN4OS/c26-21-13-11-18(12-14-21)15-16-27-22(31)17-32-25-28-23(19-7-3-1-4-8-19)24(29-30-25)20-9-5-2-6-10-20/h1-14H,15-17H2,(H,27,31). The Morgan fingerprint density at radius 2 is 1.44 bits per heavy atom. The van der Waals surface area contributed by atoms with Gasteiger partial charge in [-0.05, 0) is 24.1 Å². The molecule has 0 fully saturated rings. The third kappa shape index (κ3) is 5.76. The monoisotopic (exact) mass is 444 g/mol. The van der Waals surface area contributed by atoms with E-state index in [9.17, 15) is 9.18 Å². The summed E-state index contributed by atoms with van der Waals surface area (Å²) in [6.07, 6.45) is 0.638. The molecule has 0 unspecified atom stereocenters. The lowest BCUT2D eigenvalue weighted by atomic mass is 10.0. The summed E-state index contributed by atoms with van der Waals surface area (Å²) in [5.41, 5.74) is 4.26. The lowest BCUT2D eigenvalue weighted by molar-refractivity contribution is -0.118. The van der Waals surface area contributed by atoms with E-state index in [4.69, 9.17) is 4.98 Å². The lowest BCUT2D eigenvalue weighted by Gasteiger charge is -2.09. The number of hydrogen-bond donors (Lipinski definition) is 1. The van der Waals surface area contributed by atoms with Crippen LogP contribution in [0.25, 0.3) is 22.5 Å². The van der Waals surface area contributed by atoms with E-state index in [2.05, 4.69) is 15.5 Å². The maximum Gasteiger partial charge on any atom is 0.230 e. The summed E-state index contributed by atoms with van der Waals surface area (Å²) < 4.78 is 13.0. The quantitative estimate of drug-likeness (QED) is 0.396. The largest absolute Gasteiger partial charge is 0.355 e. The fourth-order valence-electron chi connectivity index (χ4n) is 3.14. The van der Waals surface area contributed by atoms with Crippen LogP contribution in [0.5, 0.6) is 0 Å². The number of rotatable bonds is 8. The van der Waals surface area contributed by atoms with Crippen LogP contribution in [-0.4, -0.2) is 33.4 Å². The highest BCUT2D eigenvalue weighted by Gasteiger charge is 2.14. The van der Waals surface area contributed by atoms with E-state index in [-0.39, 0.29) is 17.5 Å². The average Bonchev–Trinajstić information content (AvgIpc) is 2.85. The van der Waals surface area contributed by atoms with Gasteiger partial charge < -0.3 is 5.32 Å². The Morgan fingerprint density at radius 1 is 0.812 bits per heavy atom. The summed E-state index contributed by atoms with van der Waals surface area (Å²) in [5.74, 6) is -0.200. The predicted octanol–water partition coefficient (Wildman–Crippen LogP) is 4.80. The second-order valence-electron chi connectivity index (χ2n) is 7.04. The third-order valence-corrected chi connectivity index (χ3v) is 5.58. The molecule has 0 saturated heterocycles. The number of carbonyl (C=O) groups is 1. The molecule has 0 atom stereocenters. The van der Waals surface area contributed by atoms with E-state index >= 15 is 0 Å². The van der Waals surface area contributed by atoms with E-state index in [0.717, 1.165) is 22.4 Å². The van der Waals surface area contributed by atoms with Crippen LogP contribution in [0.2, 0.25) is 0 Å². The van der Waals surface area contributed by atoms with Crippen molar-refractivity contribution in [2.24, 2.45) is 0 Å². The Kier molecular flexibility index (Phi) is 7.19. The average molecular weight is 445 g/mol. The second kappa shape index (κ2) is 10.6. The van der Waals surface area contributed by atoms with Gasteiger partial charge in [-0.2, -0.15) is 0 Å². The first-order valence-corrected chi connectivity index (χ1v) is 11.2. The number of thioether (sulfide) groups is 1. The highest BCUT2D eigenvalue weighted by atomic mass is 32.2. The van der Waals surface area contributed by atoms with Gasteiger partial charge in [-0.15, -0.1) is 10.2 Å². The number of halogens is 1. The summed E-state index contributed by atoms with van der Waals surface area (Å²) in [7, 11) is 0. The van der Waals surface area contributed by atoms with Crippen molar-refractivity contribution in [1.82, 2.24) is 20.5 Å². The summed E-state index contributed by atoms with van der Waals surface area (Å²) in [4.78, 5) is 16.9. The van der Waals surface area contributed by atoms with Gasteiger partial charge in [0.15, 0.2) is 0 Å². The zero-order chi connectivity index (χ0) is 22.2. The van der Waals surface area contributed by atoms with Crippen LogP contribution in [0, 0.1) is 5.82 Å². The first-order valence-electron chi connectivity index (χ1n) is 10.2. The highest BCUT2D eigenvalue weighted by Crippen LogP contribution is 2.29. The number of aromatic nitrogens is 3. The van der Waals surface area contributed by atoms with Crippen molar-refractivity contribution in [3.8, 4) is 22.5 Å². The molecule has 3 aromatic carbocycles. The van der Waals surface area contributed by atoms with Crippen LogP contribution in [-0.2, 0) is 11.2 Å². The molecule has 4 aromatic rings. The van der Waals surface area contributed by atoms with Gasteiger partial charge in [0, 0.05) is 17.7 Å². The molecule has 1 amide bonds. The van der Waals surface area contributed by atoms with Gasteiger partial charge in [-0.1, -0.05) is 84.6 Å². The maximum atomic E-state index is 13.0. The Bertz CT molecular complexity index is 1170. The first kappa shape index (κ1) is 21.6. The number of carbonyl (C=O) groups excluding carboxylic acids is 1. The van der Waals surface area contributed by atoms with Crippen molar-refractivity contribution in [3.63, 3.8) is 0 Å². The zero-order valence-corrected chi connectivity index (χ0v) is 18.1. The normalized spacial score (nSPS) is 10.7. The third-order valence-electron chi connectivity index (χ3n) is 4.74. The molecule has 0 bridgehead atoms. The van der Waals surface area contributed by atoms with Gasteiger partial charge >= 0.3 is 0 Å². The van der Waals surface area contributed by atoms with Crippen LogP contribution >= 0.6 is 11.8 Å². The molecule has 0 radical (unpaired) electrons. The van der Waals surface area contributed by atoms with Gasteiger partial charge in [0.2, 0.25) is 11.1 Å². The summed E-state index contributed by atoms with van der Waals surface area (Å²) in [6, 6.07) is 25.9. The molecule has 0 spiro atoms. The van der Waals surface area contributed by atoms with E-state index in [1.54, 1.807) is 12.1 Å². The minimum absolute atomic E-state index is 0.117. The van der Waals surface area contributed by atoms with Crippen molar-refractivity contribution in [2.75, 3.05) is 12.3 Å². The molecule has 5 nitrogen and oxygen atoms in total. The van der Waals surface area contributed by atoms with Crippen molar-refractivity contribution in [1.29, 1.82) is 0 Å². The van der Waals surface area contributed by atoms with E-state index in [1.807, 2.05) is 60.7 Å². The van der Waals surface area contributed by atoms with Crippen molar-refractivity contribution in [3.05, 3.63) is 96.3 Å². The molecule has 0 aliphatic carbocycles. The maximum absolute atomic E-state index is 13.0. The molecule has 160 valence electrons. The molecule has 0 aliphatic rings. The number of nitrogens with one attached hydrogen (secondary N) is 1. The highest BCUT2D eigenvalue weighted by molar-refractivity contribution is 7.99. The van der Waals surface area contributed by atoms with E-state index < -0.39 is 0 Å². The van der Waals surface area contributed by atoms with Crippen molar-refractivity contribution < 1.29 is 9.18 Å². The Morgan fingerprint density at radius 3 is 2.09 bits per heavy atom. The van der Waals surface area contributed by atoms with E-state index in [0.29, 0.717) is 23.8 Å². The number of amides is 1. The van der Waals surface area contributed by atoms with Gasteiger partial charge in [0.05, 0.1) is 5.75 Å². The van der Waals surface area contributed by atoms with Crippen LogP contribution < -0.4 is 5.32 Å². The van der Waals surface area contributed by atoms with Crippen molar-refractivity contribution >= 4 is 17.7 Å². The van der Waals surface area contributed by atoms with Crippen LogP contribution in [0.3, 0.4) is 0 Å². The summed E-state index contributed by atoms with van der Waals surface area (Å²) in [5, 5.41) is 12.0. The zero-order valence-electron chi connectivity index (χ0n) is 17.2. The molecular weight excluding hydrogens is 423 g/mol. The van der Waals surface area contributed by atoms with Crippen LogP contribution in [0.1, 0.15) is 5.56 Å². The van der Waals surface area contributed by atoms with Gasteiger partial charge in [0.25, 0.3) is 0 Å². The molecule has 1 N–H and O–H groups in total. The summed E-state index contributed by atoms with van der Waals surface area (Å²) in [6.45, 7) is 0.479. The minimum atomic E-state index is -0.268. The topological polar surface area (TPSA) is 67.8 Å². The van der Waals surface area contributed by atoms with Gasteiger partial charge in [-0.3, -0.25) is 4.79 Å². The second-order valence-corrected chi connectivity index (χ2v) is 7.98. The number of nitrogens with zero attached hydrogens (tertiary/aromatic N) is 3. The molecule has 0 aliphatic heterocycles. The molecule has 0 saturated carbocycles. The smallest absolute Gasteiger partial charge is 0.230 e. The van der Waals surface area contributed by atoms with Crippen molar-refractivity contribution in [2.45, 2.75) is 11.6 Å². The van der Waals surface area contributed by atoms with Crippen LogP contribution in [0.15, 0.2) is 90.1 Å². The first-order chi connectivity index (χ1) is 15.7. The minimum Gasteiger partial charge on any atom is -0.355 e. The molecule has 1 aromatic heterocycles. The molecule has 4 rings (SSSR count). The Hall–Kier alpha value is -3.58. The molecule has 32 heavy (non-hydrogen) atoms. The fourth-order valence-corrected chi connectivity index (χ4v) is 3.76. The SMILES string of the molecule is O=C(CSc1nnc(-c2ccccc2)c(-c2ccccc2)n1)NCCc1ccc(F)cc1. The van der Waals surface area contributed by atoms with Crippen LogP contribution in [0.4, 0.5) is 4.39 Å². The Balaban J connectivity index is 1.41. The van der Waals surface area contributed by atoms with Gasteiger partial charge in [0.1, 0.15) is 17.2 Å². The summed E-state index contributed by atoms with van der Waals surface area (Å²) >= 11 is 1.24. The lowest BCUT2D eigenvalue weighted by Crippen LogP contribution is -2.27. The predicted molar refractivity (Wildman–Crippen MR) is 125 cm³/mol.